The van der Waals surface area contributed by atoms with E-state index in [0.29, 0.717) is 16.9 Å². The third kappa shape index (κ3) is 7.78. The first-order valence-corrected chi connectivity index (χ1v) is 12.2. The molecule has 208 valence electrons. The number of aliphatic carboxylic acids is 1. The molecule has 1 aliphatic carbocycles. The standard InChI is InChI=1S/C26H35N3O9/c1-5-38-24(33)22(30)16-28(15-17(2)3)25(34)27-21(23(31)32)14-18-10-12-26(13-11-18,29(35)36)19-6-8-20(37-4)9-7-19/h6-12,17,21-22,30H,5,13-16H2,1-4H3,(H,27,34)(H,31,32). The summed E-state index contributed by atoms with van der Waals surface area (Å²) in [5.74, 6) is -1.66. The van der Waals surface area contributed by atoms with Crippen molar-refractivity contribution in [3.05, 3.63) is 63.7 Å². The number of rotatable bonds is 13. The quantitative estimate of drug-likeness (QED) is 0.196. The highest BCUT2D eigenvalue weighted by molar-refractivity contribution is 5.83. The number of methoxy groups -OCH3 is 1. The molecule has 0 aromatic heterocycles. The molecule has 0 bridgehead atoms. The molecule has 0 saturated heterocycles. The van der Waals surface area contributed by atoms with Crippen LogP contribution in [-0.4, -0.2) is 77.0 Å². The lowest BCUT2D eigenvalue weighted by Crippen LogP contribution is -2.52. The smallest absolute Gasteiger partial charge is 0.336 e. The maximum atomic E-state index is 12.9. The summed E-state index contributed by atoms with van der Waals surface area (Å²) in [4.78, 5) is 49.5. The van der Waals surface area contributed by atoms with E-state index in [1.807, 2.05) is 13.8 Å². The van der Waals surface area contributed by atoms with Crippen molar-refractivity contribution in [3.63, 3.8) is 0 Å². The zero-order valence-electron chi connectivity index (χ0n) is 22.0. The van der Waals surface area contributed by atoms with Crippen LogP contribution < -0.4 is 10.1 Å². The number of hydrogen-bond donors (Lipinski definition) is 3. The van der Waals surface area contributed by atoms with Crippen LogP contribution in [0, 0.1) is 16.0 Å². The highest BCUT2D eigenvalue weighted by atomic mass is 16.6. The maximum Gasteiger partial charge on any atom is 0.336 e. The van der Waals surface area contributed by atoms with Gasteiger partial charge < -0.3 is 29.9 Å². The molecule has 1 aromatic carbocycles. The average molecular weight is 534 g/mol. The maximum absolute atomic E-state index is 12.9. The first-order valence-electron chi connectivity index (χ1n) is 12.2. The second kappa shape index (κ2) is 13.6. The number of urea groups is 1. The van der Waals surface area contributed by atoms with Gasteiger partial charge in [-0.05, 0) is 48.8 Å². The van der Waals surface area contributed by atoms with Gasteiger partial charge in [-0.1, -0.05) is 26.0 Å². The molecule has 0 saturated carbocycles. The summed E-state index contributed by atoms with van der Waals surface area (Å²) in [5.41, 5.74) is -0.567. The van der Waals surface area contributed by atoms with Gasteiger partial charge in [-0.2, -0.15) is 0 Å². The summed E-state index contributed by atoms with van der Waals surface area (Å²) < 4.78 is 9.89. The Kier molecular flexibility index (Phi) is 10.8. The normalized spacial score (nSPS) is 18.2. The van der Waals surface area contributed by atoms with Crippen LogP contribution in [0.4, 0.5) is 4.79 Å². The van der Waals surface area contributed by atoms with Crippen molar-refractivity contribution in [2.75, 3.05) is 26.8 Å². The van der Waals surface area contributed by atoms with Crippen LogP contribution in [0.25, 0.3) is 0 Å². The zero-order valence-corrected chi connectivity index (χ0v) is 22.0. The van der Waals surface area contributed by atoms with Gasteiger partial charge in [0.05, 0.1) is 20.3 Å². The van der Waals surface area contributed by atoms with Crippen molar-refractivity contribution in [1.82, 2.24) is 10.2 Å². The minimum Gasteiger partial charge on any atom is -0.497 e. The molecule has 1 aromatic rings. The Morgan fingerprint density at radius 3 is 2.34 bits per heavy atom. The molecule has 12 heteroatoms. The first-order chi connectivity index (χ1) is 17.9. The molecular formula is C26H35N3O9. The van der Waals surface area contributed by atoms with Crippen molar-refractivity contribution >= 4 is 18.0 Å². The Labute approximate surface area is 221 Å². The highest BCUT2D eigenvalue weighted by Gasteiger charge is 2.43. The number of carboxylic acid groups (broad SMARTS) is 1. The van der Waals surface area contributed by atoms with Gasteiger partial charge in [0.1, 0.15) is 11.8 Å². The molecule has 3 atom stereocenters. The molecule has 0 radical (unpaired) electrons. The van der Waals surface area contributed by atoms with Gasteiger partial charge >= 0.3 is 18.0 Å². The van der Waals surface area contributed by atoms with Crippen LogP contribution in [0.1, 0.15) is 39.2 Å². The molecule has 0 fully saturated rings. The van der Waals surface area contributed by atoms with E-state index in [1.54, 1.807) is 37.3 Å². The predicted molar refractivity (Wildman–Crippen MR) is 137 cm³/mol. The molecule has 0 spiro atoms. The van der Waals surface area contributed by atoms with Crippen LogP contribution in [0.15, 0.2) is 48.1 Å². The van der Waals surface area contributed by atoms with Crippen LogP contribution in [0.2, 0.25) is 0 Å². The fourth-order valence-electron chi connectivity index (χ4n) is 4.03. The zero-order chi connectivity index (χ0) is 28.5. The van der Waals surface area contributed by atoms with E-state index in [0.717, 1.165) is 4.90 Å². The number of allylic oxidation sites excluding steroid dienone is 1. The van der Waals surface area contributed by atoms with E-state index in [2.05, 4.69) is 5.32 Å². The SMILES string of the molecule is CCOC(=O)C(O)CN(CC(C)C)C(=O)NC(CC1=CCC(c2ccc(OC)cc2)([N+](=O)[O-])C=C1)C(=O)O. The number of ether oxygens (including phenoxy) is 2. The lowest BCUT2D eigenvalue weighted by Gasteiger charge is -2.29. The lowest BCUT2D eigenvalue weighted by molar-refractivity contribution is -0.563. The number of esters is 1. The molecular weight excluding hydrogens is 498 g/mol. The van der Waals surface area contributed by atoms with Gasteiger partial charge in [-0.3, -0.25) is 10.1 Å². The molecule has 2 rings (SSSR count). The minimum atomic E-state index is -1.58. The number of amides is 2. The van der Waals surface area contributed by atoms with Gasteiger partial charge in [0.2, 0.25) is 0 Å². The van der Waals surface area contributed by atoms with Gasteiger partial charge in [-0.25, -0.2) is 14.4 Å². The predicted octanol–water partition coefficient (Wildman–Crippen LogP) is 2.49. The van der Waals surface area contributed by atoms with Crippen LogP contribution in [-0.2, 0) is 19.9 Å². The van der Waals surface area contributed by atoms with E-state index >= 15 is 0 Å². The molecule has 3 N–H and O–H groups in total. The Balaban J connectivity index is 2.16. The third-order valence-electron chi connectivity index (χ3n) is 6.02. The summed E-state index contributed by atoms with van der Waals surface area (Å²) in [6, 6.07) is 4.36. The second-order valence-electron chi connectivity index (χ2n) is 9.34. The van der Waals surface area contributed by atoms with Crippen LogP contribution in [0.3, 0.4) is 0 Å². The van der Waals surface area contributed by atoms with Gasteiger partial charge in [0, 0.05) is 29.9 Å². The fraction of sp³-hybridized carbons (Fsp3) is 0.500. The van der Waals surface area contributed by atoms with Crippen molar-refractivity contribution < 1.29 is 39.0 Å². The van der Waals surface area contributed by atoms with Crippen LogP contribution >= 0.6 is 0 Å². The van der Waals surface area contributed by atoms with Gasteiger partial charge in [0.25, 0.3) is 5.54 Å². The average Bonchev–Trinajstić information content (AvgIpc) is 2.88. The van der Waals surface area contributed by atoms with Crippen molar-refractivity contribution in [1.29, 1.82) is 0 Å². The summed E-state index contributed by atoms with van der Waals surface area (Å²) in [6.45, 7) is 5.09. The van der Waals surface area contributed by atoms with E-state index < -0.39 is 40.6 Å². The summed E-state index contributed by atoms with van der Waals surface area (Å²) in [5, 5.41) is 34.3. The van der Waals surface area contributed by atoms with Gasteiger partial charge in [-0.15, -0.1) is 0 Å². The molecule has 38 heavy (non-hydrogen) atoms. The molecule has 0 heterocycles. The summed E-state index contributed by atoms with van der Waals surface area (Å²) in [6.07, 6.45) is 2.79. The summed E-state index contributed by atoms with van der Waals surface area (Å²) >= 11 is 0. The fourth-order valence-corrected chi connectivity index (χ4v) is 4.03. The number of aliphatic hydroxyl groups excluding tert-OH is 1. The number of nitrogens with one attached hydrogen (secondary N) is 1. The first kappa shape index (κ1) is 30.3. The Bertz CT molecular complexity index is 1070. The molecule has 12 nitrogen and oxygen atoms in total. The molecule has 1 aliphatic rings. The van der Waals surface area contributed by atoms with Crippen molar-refractivity contribution in [2.45, 2.75) is 51.3 Å². The van der Waals surface area contributed by atoms with Crippen molar-refractivity contribution in [2.24, 2.45) is 5.92 Å². The number of carbonyl (C=O) groups excluding carboxylic acids is 2. The minimum absolute atomic E-state index is 0.0103. The highest BCUT2D eigenvalue weighted by Crippen LogP contribution is 2.36. The Hall–Kier alpha value is -3.93. The lowest BCUT2D eigenvalue weighted by atomic mass is 9.82. The van der Waals surface area contributed by atoms with E-state index in [1.165, 1.54) is 19.3 Å². The van der Waals surface area contributed by atoms with Gasteiger partial charge in [0.15, 0.2) is 6.10 Å². The number of nitrogens with zero attached hydrogens (tertiary/aromatic N) is 2. The number of benzene rings is 1. The van der Waals surface area contributed by atoms with E-state index in [4.69, 9.17) is 9.47 Å². The van der Waals surface area contributed by atoms with E-state index in [-0.39, 0.29) is 38.5 Å². The monoisotopic (exact) mass is 533 g/mol. The Morgan fingerprint density at radius 1 is 1.21 bits per heavy atom. The molecule has 0 aliphatic heterocycles. The largest absolute Gasteiger partial charge is 0.497 e. The topological polar surface area (TPSA) is 169 Å². The summed E-state index contributed by atoms with van der Waals surface area (Å²) in [7, 11) is 1.50. The third-order valence-corrected chi connectivity index (χ3v) is 6.02. The number of aliphatic hydroxyl groups is 1. The van der Waals surface area contributed by atoms with E-state index in [9.17, 15) is 34.7 Å². The van der Waals surface area contributed by atoms with Crippen LogP contribution in [0.5, 0.6) is 5.75 Å². The molecule has 3 unspecified atom stereocenters. The number of carboxylic acids is 1. The number of carbonyl (C=O) groups is 3. The van der Waals surface area contributed by atoms with Crippen molar-refractivity contribution in [3.8, 4) is 5.75 Å². The molecule has 2 amide bonds. The number of hydrogen-bond acceptors (Lipinski definition) is 8. The Morgan fingerprint density at radius 2 is 1.87 bits per heavy atom. The number of nitro groups is 1. The second-order valence-corrected chi connectivity index (χ2v) is 9.34.